The number of nitrogens with one attached hydrogen (secondary N) is 1. The number of aromatic nitrogens is 3. The average Bonchev–Trinajstić information content (AvgIpc) is 3.30. The number of hydrogen-bond acceptors (Lipinski definition) is 6. The Balaban J connectivity index is 1.53. The summed E-state index contributed by atoms with van der Waals surface area (Å²) >= 11 is 1.26. The molecule has 2 aromatic carbocycles. The molecule has 7 nitrogen and oxygen atoms in total. The van der Waals surface area contributed by atoms with Gasteiger partial charge in [-0.3, -0.25) is 4.79 Å². The molecule has 0 unspecified atom stereocenters. The van der Waals surface area contributed by atoms with Gasteiger partial charge in [0.25, 0.3) is 0 Å². The van der Waals surface area contributed by atoms with Gasteiger partial charge in [0.15, 0.2) is 15.0 Å². The number of benzene rings is 2. The van der Waals surface area contributed by atoms with Gasteiger partial charge in [-0.1, -0.05) is 42.1 Å². The molecule has 1 saturated heterocycles. The molecule has 32 heavy (non-hydrogen) atoms. The molecule has 10 heteroatoms. The van der Waals surface area contributed by atoms with E-state index in [1.165, 1.54) is 36.0 Å². The van der Waals surface area contributed by atoms with Crippen LogP contribution in [0.5, 0.6) is 0 Å². The van der Waals surface area contributed by atoms with Crippen molar-refractivity contribution in [1.29, 1.82) is 0 Å². The van der Waals surface area contributed by atoms with Gasteiger partial charge in [-0.2, -0.15) is 0 Å². The second-order valence-corrected chi connectivity index (χ2v) is 11.1. The topological polar surface area (TPSA) is 93.9 Å². The van der Waals surface area contributed by atoms with Gasteiger partial charge < -0.3 is 9.88 Å². The normalized spacial score (nSPS) is 18.4. The summed E-state index contributed by atoms with van der Waals surface area (Å²) in [5.74, 6) is 0.483. The summed E-state index contributed by atoms with van der Waals surface area (Å²) in [6, 6.07) is 14.9. The quantitative estimate of drug-likeness (QED) is 0.528. The fourth-order valence-corrected chi connectivity index (χ4v) is 6.55. The SMILES string of the molecule is Cn1c(C[C@H]2CCS(=O)(=O)C2)nnc1S[C@H](C(=O)Nc1ccc(F)cc1)c1ccccc1. The molecule has 0 aliphatic carbocycles. The van der Waals surface area contributed by atoms with Crippen LogP contribution >= 0.6 is 11.8 Å². The van der Waals surface area contributed by atoms with Crippen molar-refractivity contribution in [2.45, 2.75) is 23.2 Å². The molecule has 1 aliphatic heterocycles. The van der Waals surface area contributed by atoms with Gasteiger partial charge in [-0.15, -0.1) is 10.2 Å². The minimum atomic E-state index is -2.96. The number of sulfone groups is 1. The van der Waals surface area contributed by atoms with Crippen molar-refractivity contribution < 1.29 is 17.6 Å². The van der Waals surface area contributed by atoms with Gasteiger partial charge in [0.2, 0.25) is 5.91 Å². The summed E-state index contributed by atoms with van der Waals surface area (Å²) in [4.78, 5) is 13.1. The third-order valence-electron chi connectivity index (χ3n) is 5.40. The number of hydrogen-bond donors (Lipinski definition) is 1. The molecule has 0 radical (unpaired) electrons. The van der Waals surface area contributed by atoms with Crippen LogP contribution in [0.15, 0.2) is 59.8 Å². The van der Waals surface area contributed by atoms with Gasteiger partial charge in [0.1, 0.15) is 16.9 Å². The zero-order valence-electron chi connectivity index (χ0n) is 17.4. The van der Waals surface area contributed by atoms with E-state index in [0.29, 0.717) is 29.5 Å². The highest BCUT2D eigenvalue weighted by Gasteiger charge is 2.30. The van der Waals surface area contributed by atoms with Gasteiger partial charge in [-0.05, 0) is 42.2 Å². The molecule has 0 spiro atoms. The predicted molar refractivity (Wildman–Crippen MR) is 122 cm³/mol. The molecule has 1 aliphatic rings. The van der Waals surface area contributed by atoms with Crippen LogP contribution in [-0.4, -0.2) is 40.6 Å². The van der Waals surface area contributed by atoms with E-state index >= 15 is 0 Å². The lowest BCUT2D eigenvalue weighted by molar-refractivity contribution is -0.115. The largest absolute Gasteiger partial charge is 0.325 e. The maximum Gasteiger partial charge on any atom is 0.242 e. The van der Waals surface area contributed by atoms with Gasteiger partial charge >= 0.3 is 0 Å². The van der Waals surface area contributed by atoms with Crippen LogP contribution in [0, 0.1) is 11.7 Å². The van der Waals surface area contributed by atoms with Crippen molar-refractivity contribution in [1.82, 2.24) is 14.8 Å². The molecule has 0 saturated carbocycles. The summed E-state index contributed by atoms with van der Waals surface area (Å²) in [6.07, 6.45) is 1.16. The highest BCUT2D eigenvalue weighted by molar-refractivity contribution is 8.00. The second-order valence-electron chi connectivity index (χ2n) is 7.84. The number of nitrogens with zero attached hydrogens (tertiary/aromatic N) is 3. The third kappa shape index (κ3) is 5.36. The standard InChI is InChI=1S/C22H23FN4O3S2/c1-27-19(13-15-11-12-32(29,30)14-15)25-26-22(27)31-20(16-5-3-2-4-6-16)21(28)24-18-9-7-17(23)8-10-18/h2-10,15,20H,11-14H2,1H3,(H,24,28)/t15-,20+/m1/s1. The van der Waals surface area contributed by atoms with E-state index in [0.717, 1.165) is 5.56 Å². The Morgan fingerprint density at radius 3 is 2.56 bits per heavy atom. The van der Waals surface area contributed by atoms with Crippen LogP contribution in [0.1, 0.15) is 23.1 Å². The lowest BCUT2D eigenvalue weighted by Gasteiger charge is -2.17. The maximum atomic E-state index is 13.2. The van der Waals surface area contributed by atoms with E-state index in [2.05, 4.69) is 15.5 Å². The Morgan fingerprint density at radius 1 is 1.19 bits per heavy atom. The summed E-state index contributed by atoms with van der Waals surface area (Å²) < 4.78 is 38.5. The number of thioether (sulfide) groups is 1. The highest BCUT2D eigenvalue weighted by Crippen LogP contribution is 2.35. The molecule has 1 amide bonds. The molecule has 0 bridgehead atoms. The number of rotatable bonds is 7. The van der Waals surface area contributed by atoms with Crippen molar-refractivity contribution in [2.24, 2.45) is 13.0 Å². The molecule has 1 aromatic heterocycles. The second kappa shape index (κ2) is 9.41. The first-order chi connectivity index (χ1) is 15.3. The molecule has 168 valence electrons. The molecule has 1 fully saturated rings. The Labute approximate surface area is 190 Å². The fraction of sp³-hybridized carbons (Fsp3) is 0.318. The summed E-state index contributed by atoms with van der Waals surface area (Å²) in [5.41, 5.74) is 1.29. The van der Waals surface area contributed by atoms with E-state index < -0.39 is 15.1 Å². The lowest BCUT2D eigenvalue weighted by atomic mass is 10.1. The smallest absolute Gasteiger partial charge is 0.242 e. The summed E-state index contributed by atoms with van der Waals surface area (Å²) in [6.45, 7) is 0. The van der Waals surface area contributed by atoms with E-state index in [-0.39, 0.29) is 29.1 Å². The molecule has 2 atom stereocenters. The zero-order chi connectivity index (χ0) is 22.7. The Morgan fingerprint density at radius 2 is 1.91 bits per heavy atom. The fourth-order valence-electron chi connectivity index (χ4n) is 3.66. The van der Waals surface area contributed by atoms with Crippen molar-refractivity contribution in [3.8, 4) is 0 Å². The van der Waals surface area contributed by atoms with Crippen LogP contribution < -0.4 is 5.32 Å². The van der Waals surface area contributed by atoms with Gasteiger partial charge in [0.05, 0.1) is 11.5 Å². The molecule has 4 rings (SSSR count). The van der Waals surface area contributed by atoms with Crippen LogP contribution in [0.4, 0.5) is 10.1 Å². The first-order valence-corrected chi connectivity index (χ1v) is 12.9. The number of anilines is 1. The molecular weight excluding hydrogens is 451 g/mol. The third-order valence-corrected chi connectivity index (χ3v) is 8.52. The Bertz CT molecular complexity index is 1200. The minimum absolute atomic E-state index is 0.0347. The van der Waals surface area contributed by atoms with Crippen LogP contribution in [-0.2, 0) is 28.1 Å². The van der Waals surface area contributed by atoms with E-state index in [1.807, 2.05) is 41.9 Å². The predicted octanol–water partition coefficient (Wildman–Crippen LogP) is 3.40. The Hall–Kier alpha value is -2.72. The molecular formula is C22H23FN4O3S2. The number of carbonyl (C=O) groups excluding carboxylic acids is 1. The van der Waals surface area contributed by atoms with Crippen molar-refractivity contribution >= 4 is 33.2 Å². The summed E-state index contributed by atoms with van der Waals surface area (Å²) in [5, 5.41) is 11.3. The minimum Gasteiger partial charge on any atom is -0.325 e. The van der Waals surface area contributed by atoms with Gasteiger partial charge in [-0.25, -0.2) is 12.8 Å². The lowest BCUT2D eigenvalue weighted by Crippen LogP contribution is -2.19. The maximum absolute atomic E-state index is 13.2. The average molecular weight is 475 g/mol. The first-order valence-electron chi connectivity index (χ1n) is 10.2. The zero-order valence-corrected chi connectivity index (χ0v) is 19.1. The molecule has 1 N–H and O–H groups in total. The number of halogens is 1. The van der Waals surface area contributed by atoms with Crippen LogP contribution in [0.3, 0.4) is 0 Å². The number of amides is 1. The Kier molecular flexibility index (Phi) is 6.61. The number of carbonyl (C=O) groups is 1. The monoisotopic (exact) mass is 474 g/mol. The van der Waals surface area contributed by atoms with Crippen molar-refractivity contribution in [3.05, 3.63) is 71.8 Å². The van der Waals surface area contributed by atoms with Crippen LogP contribution in [0.25, 0.3) is 0 Å². The summed E-state index contributed by atoms with van der Waals surface area (Å²) in [7, 11) is -1.14. The van der Waals surface area contributed by atoms with Crippen molar-refractivity contribution in [2.75, 3.05) is 16.8 Å². The highest BCUT2D eigenvalue weighted by atomic mass is 32.2. The van der Waals surface area contributed by atoms with E-state index in [4.69, 9.17) is 0 Å². The van der Waals surface area contributed by atoms with E-state index in [9.17, 15) is 17.6 Å². The van der Waals surface area contributed by atoms with Crippen LogP contribution in [0.2, 0.25) is 0 Å². The van der Waals surface area contributed by atoms with E-state index in [1.54, 1.807) is 0 Å². The molecule has 2 heterocycles. The molecule has 3 aromatic rings. The van der Waals surface area contributed by atoms with Crippen molar-refractivity contribution in [3.63, 3.8) is 0 Å². The van der Waals surface area contributed by atoms with Gasteiger partial charge in [0, 0.05) is 19.2 Å². The first kappa shape index (κ1) is 22.5.